The quantitative estimate of drug-likeness (QED) is 0.909. The van der Waals surface area contributed by atoms with E-state index >= 15 is 0 Å². The first kappa shape index (κ1) is 15.1. The maximum Gasteiger partial charge on any atom is 0.336 e. The average Bonchev–Trinajstić information content (AvgIpc) is 2.79. The van der Waals surface area contributed by atoms with Gasteiger partial charge in [-0.3, -0.25) is 0 Å². The number of hydrogen-bond acceptors (Lipinski definition) is 3. The Kier molecular flexibility index (Phi) is 3.77. The molecule has 2 rings (SSSR count). The number of carboxylic acids is 1. The van der Waals surface area contributed by atoms with E-state index in [0.29, 0.717) is 17.8 Å². The summed E-state index contributed by atoms with van der Waals surface area (Å²) in [5, 5.41) is 13.9. The van der Waals surface area contributed by atoms with Gasteiger partial charge in [0, 0.05) is 11.5 Å². The van der Waals surface area contributed by atoms with Gasteiger partial charge in [-0.05, 0) is 24.1 Å². The van der Waals surface area contributed by atoms with Crippen LogP contribution in [0.25, 0.3) is 5.69 Å². The van der Waals surface area contributed by atoms with Crippen LogP contribution >= 0.6 is 0 Å². The van der Waals surface area contributed by atoms with Crippen LogP contribution in [0.2, 0.25) is 0 Å². The van der Waals surface area contributed by atoms with Gasteiger partial charge in [0.15, 0.2) is 0 Å². The minimum absolute atomic E-state index is 0.115. The smallest absolute Gasteiger partial charge is 0.336 e. The summed E-state index contributed by atoms with van der Waals surface area (Å²) in [6, 6.07) is 7.01. The Morgan fingerprint density at radius 1 is 1.38 bits per heavy atom. The molecule has 0 unspecified atom stereocenters. The van der Waals surface area contributed by atoms with Gasteiger partial charge in [0.25, 0.3) is 0 Å². The molecule has 112 valence electrons. The first-order valence-electron chi connectivity index (χ1n) is 6.97. The van der Waals surface area contributed by atoms with Gasteiger partial charge >= 0.3 is 5.97 Å². The molecule has 0 atom stereocenters. The predicted octanol–water partition coefficient (Wildman–Crippen LogP) is 3.01. The first-order valence-corrected chi connectivity index (χ1v) is 6.97. The molecule has 0 aliphatic heterocycles. The maximum absolute atomic E-state index is 11.4. The molecule has 0 amide bonds. The molecule has 5 heteroatoms. The van der Waals surface area contributed by atoms with Crippen molar-refractivity contribution in [3.63, 3.8) is 0 Å². The van der Waals surface area contributed by atoms with Crippen LogP contribution in [0.1, 0.15) is 49.3 Å². The predicted molar refractivity (Wildman–Crippen MR) is 83.0 cm³/mol. The molecule has 3 N–H and O–H groups in total. The molecule has 21 heavy (non-hydrogen) atoms. The van der Waals surface area contributed by atoms with Crippen LogP contribution in [0.5, 0.6) is 0 Å². The van der Waals surface area contributed by atoms with Crippen LogP contribution < -0.4 is 5.73 Å². The normalized spacial score (nSPS) is 11.6. The molecule has 0 spiro atoms. The molecule has 1 heterocycles. The highest BCUT2D eigenvalue weighted by molar-refractivity contribution is 5.90. The van der Waals surface area contributed by atoms with E-state index in [-0.39, 0.29) is 5.41 Å². The summed E-state index contributed by atoms with van der Waals surface area (Å²) in [5.41, 5.74) is 8.59. The monoisotopic (exact) mass is 287 g/mol. The Bertz CT molecular complexity index is 681. The molecule has 0 aliphatic rings. The van der Waals surface area contributed by atoms with Crippen molar-refractivity contribution < 1.29 is 9.90 Å². The molecule has 0 fully saturated rings. The van der Waals surface area contributed by atoms with Crippen LogP contribution in [0.15, 0.2) is 24.3 Å². The third-order valence-electron chi connectivity index (χ3n) is 3.47. The Morgan fingerprint density at radius 2 is 2.05 bits per heavy atom. The average molecular weight is 287 g/mol. The van der Waals surface area contributed by atoms with E-state index in [1.165, 1.54) is 0 Å². The van der Waals surface area contributed by atoms with Gasteiger partial charge in [0.1, 0.15) is 5.82 Å². The molecular formula is C16H21N3O2. The molecular weight excluding hydrogens is 266 g/mol. The van der Waals surface area contributed by atoms with Crippen molar-refractivity contribution in [2.75, 3.05) is 5.73 Å². The maximum atomic E-state index is 11.4. The lowest BCUT2D eigenvalue weighted by molar-refractivity contribution is 0.0695. The molecule has 0 radical (unpaired) electrons. The Labute approximate surface area is 124 Å². The first-order chi connectivity index (χ1) is 9.75. The number of benzene rings is 1. The van der Waals surface area contributed by atoms with Crippen LogP contribution in [0.4, 0.5) is 5.82 Å². The summed E-state index contributed by atoms with van der Waals surface area (Å²) in [6.07, 6.45) is 0.599. The number of aromatic carboxylic acids is 1. The van der Waals surface area contributed by atoms with Crippen LogP contribution in [-0.4, -0.2) is 20.9 Å². The summed E-state index contributed by atoms with van der Waals surface area (Å²) in [6.45, 7) is 8.12. The van der Waals surface area contributed by atoms with Crippen molar-refractivity contribution in [2.45, 2.75) is 39.5 Å². The Morgan fingerprint density at radius 3 is 2.52 bits per heavy atom. The number of anilines is 1. The summed E-state index contributed by atoms with van der Waals surface area (Å²) < 4.78 is 1.63. The highest BCUT2D eigenvalue weighted by Gasteiger charge is 2.21. The van der Waals surface area contributed by atoms with Crippen molar-refractivity contribution in [1.82, 2.24) is 9.78 Å². The zero-order valence-electron chi connectivity index (χ0n) is 12.8. The lowest BCUT2D eigenvalue weighted by atomic mass is 9.92. The number of carboxylic acid groups (broad SMARTS) is 1. The summed E-state index contributed by atoms with van der Waals surface area (Å²) in [5.74, 6) is -0.423. The number of aromatic nitrogens is 2. The fourth-order valence-corrected chi connectivity index (χ4v) is 2.30. The van der Waals surface area contributed by atoms with E-state index in [4.69, 9.17) is 5.73 Å². The molecule has 0 saturated heterocycles. The fourth-order valence-electron chi connectivity index (χ4n) is 2.30. The van der Waals surface area contributed by atoms with E-state index in [9.17, 15) is 9.90 Å². The highest BCUT2D eigenvalue weighted by Crippen LogP contribution is 2.27. The second kappa shape index (κ2) is 5.24. The largest absolute Gasteiger partial charge is 0.478 e. The van der Waals surface area contributed by atoms with E-state index in [2.05, 4.69) is 25.9 Å². The number of nitrogen functional groups attached to an aromatic ring is 1. The van der Waals surface area contributed by atoms with Gasteiger partial charge in [-0.25, -0.2) is 9.48 Å². The lowest BCUT2D eigenvalue weighted by Crippen LogP contribution is -2.14. The standard InChI is InChI=1S/C16H21N3O2/c1-5-10-11(15(20)21)7-6-8-12(10)19-14(17)9-13(18-19)16(2,3)4/h6-9H,5,17H2,1-4H3,(H,20,21). The number of carbonyl (C=O) groups is 1. The molecule has 1 aromatic carbocycles. The van der Waals surface area contributed by atoms with Crippen molar-refractivity contribution in [3.8, 4) is 5.69 Å². The molecule has 0 saturated carbocycles. The summed E-state index contributed by atoms with van der Waals surface area (Å²) in [4.78, 5) is 11.4. The van der Waals surface area contributed by atoms with Crippen molar-refractivity contribution in [1.29, 1.82) is 0 Å². The van der Waals surface area contributed by atoms with E-state index in [1.807, 2.05) is 19.1 Å². The van der Waals surface area contributed by atoms with Crippen LogP contribution in [-0.2, 0) is 11.8 Å². The van der Waals surface area contributed by atoms with E-state index < -0.39 is 5.97 Å². The zero-order valence-corrected chi connectivity index (χ0v) is 12.8. The van der Waals surface area contributed by atoms with Gasteiger partial charge in [0.2, 0.25) is 0 Å². The van der Waals surface area contributed by atoms with Gasteiger partial charge in [-0.1, -0.05) is 33.8 Å². The van der Waals surface area contributed by atoms with E-state index in [0.717, 1.165) is 16.9 Å². The second-order valence-electron chi connectivity index (χ2n) is 6.08. The minimum atomic E-state index is -0.935. The fraction of sp³-hybridized carbons (Fsp3) is 0.375. The SMILES string of the molecule is CCc1c(C(=O)O)cccc1-n1nc(C(C)(C)C)cc1N. The number of hydrogen-bond donors (Lipinski definition) is 2. The highest BCUT2D eigenvalue weighted by atomic mass is 16.4. The molecule has 1 aromatic heterocycles. The van der Waals surface area contributed by atoms with Crippen molar-refractivity contribution in [2.24, 2.45) is 0 Å². The van der Waals surface area contributed by atoms with Crippen molar-refractivity contribution >= 4 is 11.8 Å². The molecule has 0 aliphatic carbocycles. The third kappa shape index (κ3) is 2.77. The van der Waals surface area contributed by atoms with Crippen molar-refractivity contribution in [3.05, 3.63) is 41.1 Å². The Hall–Kier alpha value is -2.30. The van der Waals surface area contributed by atoms with Crippen LogP contribution in [0, 0.1) is 0 Å². The zero-order chi connectivity index (χ0) is 15.8. The summed E-state index contributed by atoms with van der Waals surface area (Å²) in [7, 11) is 0. The number of rotatable bonds is 3. The Balaban J connectivity index is 2.65. The molecule has 5 nitrogen and oxygen atoms in total. The second-order valence-corrected chi connectivity index (χ2v) is 6.08. The topological polar surface area (TPSA) is 81.1 Å². The van der Waals surface area contributed by atoms with Gasteiger partial charge in [0.05, 0.1) is 16.9 Å². The van der Waals surface area contributed by atoms with Gasteiger partial charge < -0.3 is 10.8 Å². The van der Waals surface area contributed by atoms with E-state index in [1.54, 1.807) is 16.8 Å². The number of nitrogens with zero attached hydrogens (tertiary/aromatic N) is 2. The molecule has 2 aromatic rings. The van der Waals surface area contributed by atoms with Gasteiger partial charge in [-0.2, -0.15) is 5.10 Å². The van der Waals surface area contributed by atoms with Gasteiger partial charge in [-0.15, -0.1) is 0 Å². The third-order valence-corrected chi connectivity index (χ3v) is 3.47. The molecule has 0 bridgehead atoms. The van der Waals surface area contributed by atoms with Crippen LogP contribution in [0.3, 0.4) is 0 Å². The summed E-state index contributed by atoms with van der Waals surface area (Å²) >= 11 is 0. The minimum Gasteiger partial charge on any atom is -0.478 e. The number of nitrogens with two attached hydrogens (primary N) is 1. The lowest BCUT2D eigenvalue weighted by Gasteiger charge is -2.15.